The van der Waals surface area contributed by atoms with Crippen LogP contribution >= 0.6 is 0 Å². The van der Waals surface area contributed by atoms with Crippen molar-refractivity contribution in [3.63, 3.8) is 0 Å². The standard InChI is InChI=1S/C33H43N9/c1-5-39(6-2)29-18-14-26(15-19-29)34-31-36-32(35-27-16-20-30(21-17-27)40(7-3)8-4)38-33(37-31)42-24-22-41(23-25-42)28-12-10-9-11-13-28/h9-21H,5-8,22-25H2,1-4H3,(H2,34,35,36,37,38). The van der Waals surface area contributed by atoms with Gasteiger partial charge in [-0.1, -0.05) is 18.2 Å². The number of aromatic nitrogens is 3. The molecule has 0 atom stereocenters. The van der Waals surface area contributed by atoms with Crippen LogP contribution in [0.4, 0.5) is 46.3 Å². The summed E-state index contributed by atoms with van der Waals surface area (Å²) in [7, 11) is 0. The molecule has 4 aromatic rings. The number of nitrogens with zero attached hydrogens (tertiary/aromatic N) is 7. The highest BCUT2D eigenvalue weighted by Gasteiger charge is 2.21. The van der Waals surface area contributed by atoms with Gasteiger partial charge in [-0.05, 0) is 88.4 Å². The fraction of sp³-hybridized carbons (Fsp3) is 0.364. The number of benzene rings is 3. The molecular weight excluding hydrogens is 522 g/mol. The van der Waals surface area contributed by atoms with E-state index in [4.69, 9.17) is 15.0 Å². The zero-order valence-corrected chi connectivity index (χ0v) is 25.3. The van der Waals surface area contributed by atoms with Crippen LogP contribution in [-0.2, 0) is 0 Å². The third kappa shape index (κ3) is 7.02. The number of anilines is 8. The van der Waals surface area contributed by atoms with E-state index in [0.717, 1.165) is 63.7 Å². The average Bonchev–Trinajstić information content (AvgIpc) is 3.04. The van der Waals surface area contributed by atoms with Gasteiger partial charge in [0.1, 0.15) is 0 Å². The summed E-state index contributed by atoms with van der Waals surface area (Å²) < 4.78 is 0. The first-order valence-electron chi connectivity index (χ1n) is 15.1. The summed E-state index contributed by atoms with van der Waals surface area (Å²) in [6, 6.07) is 27.4. The van der Waals surface area contributed by atoms with E-state index in [1.165, 1.54) is 17.1 Å². The van der Waals surface area contributed by atoms with Crippen molar-refractivity contribution >= 4 is 46.3 Å². The second-order valence-corrected chi connectivity index (χ2v) is 10.3. The first kappa shape index (κ1) is 29.0. The Morgan fingerprint density at radius 2 is 0.976 bits per heavy atom. The van der Waals surface area contributed by atoms with Crippen molar-refractivity contribution in [1.29, 1.82) is 0 Å². The zero-order valence-electron chi connectivity index (χ0n) is 25.3. The van der Waals surface area contributed by atoms with Gasteiger partial charge in [-0.2, -0.15) is 15.0 Å². The average molecular weight is 566 g/mol. The lowest BCUT2D eigenvalue weighted by Crippen LogP contribution is -2.47. The highest BCUT2D eigenvalue weighted by atomic mass is 15.4. The van der Waals surface area contributed by atoms with Crippen molar-refractivity contribution in [2.24, 2.45) is 0 Å². The molecule has 2 N–H and O–H groups in total. The van der Waals surface area contributed by atoms with Crippen molar-refractivity contribution in [3.8, 4) is 0 Å². The summed E-state index contributed by atoms with van der Waals surface area (Å²) in [4.78, 5) is 23.8. The van der Waals surface area contributed by atoms with Crippen LogP contribution in [0, 0.1) is 0 Å². The lowest BCUT2D eigenvalue weighted by Gasteiger charge is -2.36. The molecule has 0 bridgehead atoms. The fourth-order valence-corrected chi connectivity index (χ4v) is 5.37. The normalized spacial score (nSPS) is 13.1. The zero-order chi connectivity index (χ0) is 29.3. The minimum atomic E-state index is 0.517. The smallest absolute Gasteiger partial charge is 0.233 e. The molecule has 42 heavy (non-hydrogen) atoms. The Morgan fingerprint density at radius 1 is 0.548 bits per heavy atom. The van der Waals surface area contributed by atoms with Gasteiger partial charge in [-0.25, -0.2) is 0 Å². The molecule has 3 aromatic carbocycles. The molecule has 0 amide bonds. The minimum Gasteiger partial charge on any atom is -0.372 e. The first-order chi connectivity index (χ1) is 20.6. The minimum absolute atomic E-state index is 0.517. The Kier molecular flexibility index (Phi) is 9.59. The van der Waals surface area contributed by atoms with Crippen molar-refractivity contribution in [2.45, 2.75) is 27.7 Å². The number of nitrogens with one attached hydrogen (secondary N) is 2. The maximum absolute atomic E-state index is 4.86. The van der Waals surface area contributed by atoms with Crippen LogP contribution in [0.2, 0.25) is 0 Å². The molecule has 0 unspecified atom stereocenters. The summed E-state index contributed by atoms with van der Waals surface area (Å²) in [6.45, 7) is 16.1. The van der Waals surface area contributed by atoms with E-state index in [2.05, 4.69) is 137 Å². The Hall–Kier alpha value is -4.53. The van der Waals surface area contributed by atoms with Crippen molar-refractivity contribution < 1.29 is 0 Å². The van der Waals surface area contributed by atoms with Gasteiger partial charge in [0.05, 0.1) is 0 Å². The van der Waals surface area contributed by atoms with Gasteiger partial charge in [0.15, 0.2) is 0 Å². The van der Waals surface area contributed by atoms with Crippen LogP contribution in [0.5, 0.6) is 0 Å². The number of hydrogen-bond acceptors (Lipinski definition) is 9. The van der Waals surface area contributed by atoms with Crippen LogP contribution in [0.15, 0.2) is 78.9 Å². The van der Waals surface area contributed by atoms with Gasteiger partial charge in [-0.15, -0.1) is 0 Å². The van der Waals surface area contributed by atoms with Crippen molar-refractivity contribution in [1.82, 2.24) is 15.0 Å². The highest BCUT2D eigenvalue weighted by molar-refractivity contribution is 5.63. The van der Waals surface area contributed by atoms with Gasteiger partial charge in [0.2, 0.25) is 17.8 Å². The maximum atomic E-state index is 4.86. The molecule has 5 rings (SSSR count). The Bertz CT molecular complexity index is 1300. The van der Waals surface area contributed by atoms with Gasteiger partial charge < -0.3 is 30.2 Å². The largest absolute Gasteiger partial charge is 0.372 e. The van der Waals surface area contributed by atoms with Crippen LogP contribution in [-0.4, -0.2) is 67.3 Å². The lowest BCUT2D eigenvalue weighted by atomic mass is 10.2. The third-order valence-electron chi connectivity index (χ3n) is 7.81. The molecule has 2 heterocycles. The SMILES string of the molecule is CCN(CC)c1ccc(Nc2nc(Nc3ccc(N(CC)CC)cc3)nc(N3CCN(c4ccccc4)CC3)n2)cc1. The van der Waals surface area contributed by atoms with E-state index in [9.17, 15) is 0 Å². The van der Waals surface area contributed by atoms with E-state index < -0.39 is 0 Å². The molecule has 0 radical (unpaired) electrons. The quantitative estimate of drug-likeness (QED) is 0.204. The molecule has 1 aliphatic heterocycles. The van der Waals surface area contributed by atoms with Crippen LogP contribution in [0.3, 0.4) is 0 Å². The van der Waals surface area contributed by atoms with Crippen molar-refractivity contribution in [3.05, 3.63) is 78.9 Å². The molecule has 9 heteroatoms. The number of piperazine rings is 1. The van der Waals surface area contributed by atoms with E-state index in [1.54, 1.807) is 0 Å². The van der Waals surface area contributed by atoms with E-state index in [-0.39, 0.29) is 0 Å². The summed E-state index contributed by atoms with van der Waals surface area (Å²) >= 11 is 0. The molecule has 220 valence electrons. The molecule has 1 saturated heterocycles. The van der Waals surface area contributed by atoms with E-state index in [0.29, 0.717) is 17.8 Å². The highest BCUT2D eigenvalue weighted by Crippen LogP contribution is 2.25. The Balaban J connectivity index is 1.37. The molecule has 1 fully saturated rings. The Labute approximate surface area is 250 Å². The predicted molar refractivity (Wildman–Crippen MR) is 177 cm³/mol. The molecule has 0 spiro atoms. The van der Waals surface area contributed by atoms with Gasteiger partial charge in [0, 0.05) is 80.8 Å². The number of rotatable bonds is 12. The summed E-state index contributed by atoms with van der Waals surface area (Å²) in [6.07, 6.45) is 0. The summed E-state index contributed by atoms with van der Waals surface area (Å²) in [5.41, 5.74) is 5.53. The van der Waals surface area contributed by atoms with Gasteiger partial charge >= 0.3 is 0 Å². The first-order valence-corrected chi connectivity index (χ1v) is 15.1. The Morgan fingerprint density at radius 3 is 1.40 bits per heavy atom. The molecular formula is C33H43N9. The number of hydrogen-bond donors (Lipinski definition) is 2. The van der Waals surface area contributed by atoms with E-state index in [1.807, 2.05) is 0 Å². The topological polar surface area (TPSA) is 75.7 Å². The molecule has 0 aliphatic carbocycles. The third-order valence-corrected chi connectivity index (χ3v) is 7.81. The monoisotopic (exact) mass is 565 g/mol. The van der Waals surface area contributed by atoms with E-state index >= 15 is 0 Å². The summed E-state index contributed by atoms with van der Waals surface area (Å²) in [5.74, 6) is 1.70. The lowest BCUT2D eigenvalue weighted by molar-refractivity contribution is 0.639. The van der Waals surface area contributed by atoms with Crippen LogP contribution in [0.1, 0.15) is 27.7 Å². The summed E-state index contributed by atoms with van der Waals surface area (Å²) in [5, 5.41) is 6.84. The molecule has 9 nitrogen and oxygen atoms in total. The second-order valence-electron chi connectivity index (χ2n) is 10.3. The fourth-order valence-electron chi connectivity index (χ4n) is 5.37. The van der Waals surface area contributed by atoms with Gasteiger partial charge in [-0.3, -0.25) is 0 Å². The van der Waals surface area contributed by atoms with Crippen LogP contribution < -0.4 is 30.2 Å². The maximum Gasteiger partial charge on any atom is 0.233 e. The molecule has 1 aliphatic rings. The predicted octanol–water partition coefficient (Wildman–Crippen LogP) is 6.38. The van der Waals surface area contributed by atoms with Crippen molar-refractivity contribution in [2.75, 3.05) is 82.6 Å². The number of para-hydroxylation sites is 1. The molecule has 0 saturated carbocycles. The second kappa shape index (κ2) is 13.9. The van der Waals surface area contributed by atoms with Gasteiger partial charge in [0.25, 0.3) is 0 Å². The van der Waals surface area contributed by atoms with Crippen LogP contribution in [0.25, 0.3) is 0 Å². The molecule has 1 aromatic heterocycles.